The molecular weight excluding hydrogens is 200 g/mol. The molecule has 16 heavy (non-hydrogen) atoms. The number of anilines is 2. The van der Waals surface area contributed by atoms with Gasteiger partial charge in [0.25, 0.3) is 0 Å². The minimum absolute atomic E-state index is 0.254. The van der Waals surface area contributed by atoms with E-state index in [4.69, 9.17) is 11.5 Å². The number of hydrogen-bond acceptors (Lipinski definition) is 4. The molecule has 4 nitrogen and oxygen atoms in total. The molecule has 1 rings (SSSR count). The first-order valence-electron chi connectivity index (χ1n) is 6.11. The van der Waals surface area contributed by atoms with Gasteiger partial charge in [-0.2, -0.15) is 4.98 Å². The molecule has 0 radical (unpaired) electrons. The molecule has 90 valence electrons. The van der Waals surface area contributed by atoms with Crippen LogP contribution in [-0.2, 0) is 6.42 Å². The van der Waals surface area contributed by atoms with E-state index in [9.17, 15) is 0 Å². The van der Waals surface area contributed by atoms with Crippen LogP contribution in [0.5, 0.6) is 0 Å². The Hall–Kier alpha value is -1.32. The summed E-state index contributed by atoms with van der Waals surface area (Å²) in [4.78, 5) is 7.90. The van der Waals surface area contributed by atoms with Crippen LogP contribution in [0, 0.1) is 0 Å². The van der Waals surface area contributed by atoms with Crippen LogP contribution >= 0.6 is 0 Å². The van der Waals surface area contributed by atoms with Crippen molar-refractivity contribution in [2.75, 3.05) is 11.5 Å². The maximum absolute atomic E-state index is 5.75. The van der Waals surface area contributed by atoms with E-state index < -0.39 is 0 Å². The Morgan fingerprint density at radius 3 is 2.44 bits per heavy atom. The third kappa shape index (κ3) is 4.47. The van der Waals surface area contributed by atoms with E-state index >= 15 is 0 Å². The summed E-state index contributed by atoms with van der Waals surface area (Å²) >= 11 is 0. The fraction of sp³-hybridized carbons (Fsp3) is 0.667. The molecule has 4 heteroatoms. The van der Waals surface area contributed by atoms with Gasteiger partial charge < -0.3 is 11.5 Å². The zero-order chi connectivity index (χ0) is 11.8. The predicted molar refractivity (Wildman–Crippen MR) is 67.9 cm³/mol. The maximum atomic E-state index is 5.75. The van der Waals surface area contributed by atoms with Gasteiger partial charge >= 0.3 is 0 Å². The molecule has 0 saturated carbocycles. The Labute approximate surface area is 97.5 Å². The van der Waals surface area contributed by atoms with Crippen molar-refractivity contribution in [3.8, 4) is 0 Å². The summed E-state index contributed by atoms with van der Waals surface area (Å²) < 4.78 is 0. The lowest BCUT2D eigenvalue weighted by molar-refractivity contribution is 0.607. The number of aryl methyl sites for hydroxylation is 1. The van der Waals surface area contributed by atoms with E-state index in [0.717, 1.165) is 18.4 Å². The van der Waals surface area contributed by atoms with Gasteiger partial charge in [0.05, 0.1) is 0 Å². The number of aromatic nitrogens is 2. The van der Waals surface area contributed by atoms with Crippen LogP contribution in [0.4, 0.5) is 11.8 Å². The van der Waals surface area contributed by atoms with Gasteiger partial charge in [0.2, 0.25) is 5.95 Å². The van der Waals surface area contributed by atoms with Crippen LogP contribution in [0.3, 0.4) is 0 Å². The van der Waals surface area contributed by atoms with E-state index in [1.165, 1.54) is 32.1 Å². The lowest BCUT2D eigenvalue weighted by Gasteiger charge is -2.04. The molecule has 0 amide bonds. The SMILES string of the molecule is CCCCCCCCc1cnc(N)nc1N. The molecule has 4 N–H and O–H groups in total. The van der Waals surface area contributed by atoms with Crippen molar-refractivity contribution < 1.29 is 0 Å². The van der Waals surface area contributed by atoms with Crippen molar-refractivity contribution in [2.45, 2.75) is 51.9 Å². The standard InChI is InChI=1S/C12H22N4/c1-2-3-4-5-6-7-8-10-9-15-12(14)16-11(10)13/h9H,2-8H2,1H3,(H4,13,14,15,16). The van der Waals surface area contributed by atoms with Crippen molar-refractivity contribution in [3.63, 3.8) is 0 Å². The molecule has 0 fully saturated rings. The minimum Gasteiger partial charge on any atom is -0.383 e. The molecule has 0 aliphatic carbocycles. The van der Waals surface area contributed by atoms with Crippen LogP contribution in [0.1, 0.15) is 51.0 Å². The summed E-state index contributed by atoms with van der Waals surface area (Å²) in [7, 11) is 0. The molecule has 0 saturated heterocycles. The largest absolute Gasteiger partial charge is 0.383 e. The Bertz CT molecular complexity index is 312. The van der Waals surface area contributed by atoms with Crippen molar-refractivity contribution >= 4 is 11.8 Å². The van der Waals surface area contributed by atoms with Gasteiger partial charge in [-0.1, -0.05) is 39.0 Å². The highest BCUT2D eigenvalue weighted by atomic mass is 15.0. The first kappa shape index (κ1) is 12.7. The Morgan fingerprint density at radius 2 is 1.75 bits per heavy atom. The summed E-state index contributed by atoms with van der Waals surface area (Å²) in [6.45, 7) is 2.23. The second-order valence-electron chi connectivity index (χ2n) is 4.16. The Morgan fingerprint density at radius 1 is 1.06 bits per heavy atom. The number of rotatable bonds is 7. The van der Waals surface area contributed by atoms with Crippen molar-refractivity contribution in [1.29, 1.82) is 0 Å². The van der Waals surface area contributed by atoms with Crippen molar-refractivity contribution in [2.24, 2.45) is 0 Å². The van der Waals surface area contributed by atoms with Gasteiger partial charge in [-0.05, 0) is 12.8 Å². The summed E-state index contributed by atoms with van der Waals surface area (Å²) in [5.41, 5.74) is 12.2. The average molecular weight is 222 g/mol. The highest BCUT2D eigenvalue weighted by Gasteiger charge is 2.01. The predicted octanol–water partition coefficient (Wildman–Crippen LogP) is 2.54. The fourth-order valence-corrected chi connectivity index (χ4v) is 1.72. The first-order valence-corrected chi connectivity index (χ1v) is 6.11. The average Bonchev–Trinajstić information content (AvgIpc) is 2.26. The maximum Gasteiger partial charge on any atom is 0.221 e. The van der Waals surface area contributed by atoms with E-state index in [2.05, 4.69) is 16.9 Å². The third-order valence-electron chi connectivity index (χ3n) is 2.72. The number of unbranched alkanes of at least 4 members (excludes halogenated alkanes) is 5. The molecule has 0 aromatic carbocycles. The van der Waals surface area contributed by atoms with E-state index in [-0.39, 0.29) is 5.95 Å². The monoisotopic (exact) mass is 222 g/mol. The van der Waals surface area contributed by atoms with Crippen LogP contribution in [0.25, 0.3) is 0 Å². The van der Waals surface area contributed by atoms with Gasteiger partial charge in [0.15, 0.2) is 0 Å². The van der Waals surface area contributed by atoms with Crippen molar-refractivity contribution in [3.05, 3.63) is 11.8 Å². The lowest BCUT2D eigenvalue weighted by atomic mass is 10.1. The van der Waals surface area contributed by atoms with Gasteiger partial charge in [-0.25, -0.2) is 4.98 Å². The van der Waals surface area contributed by atoms with Crippen LogP contribution < -0.4 is 11.5 Å². The van der Waals surface area contributed by atoms with Crippen molar-refractivity contribution in [1.82, 2.24) is 9.97 Å². The van der Waals surface area contributed by atoms with Gasteiger partial charge in [0, 0.05) is 11.8 Å². The highest BCUT2D eigenvalue weighted by molar-refractivity contribution is 5.41. The number of nitrogen functional groups attached to an aromatic ring is 2. The number of nitrogens with zero attached hydrogens (tertiary/aromatic N) is 2. The summed E-state index contributed by atoms with van der Waals surface area (Å²) in [6.07, 6.45) is 10.4. The molecule has 0 spiro atoms. The third-order valence-corrected chi connectivity index (χ3v) is 2.72. The number of nitrogens with two attached hydrogens (primary N) is 2. The smallest absolute Gasteiger partial charge is 0.221 e. The topological polar surface area (TPSA) is 77.8 Å². The Balaban J connectivity index is 2.21. The van der Waals surface area contributed by atoms with Gasteiger partial charge in [-0.3, -0.25) is 0 Å². The molecule has 1 heterocycles. The number of hydrogen-bond donors (Lipinski definition) is 2. The quantitative estimate of drug-likeness (QED) is 0.695. The molecule has 0 unspecified atom stereocenters. The van der Waals surface area contributed by atoms with Crippen LogP contribution in [0.15, 0.2) is 6.20 Å². The zero-order valence-electron chi connectivity index (χ0n) is 10.1. The molecular formula is C12H22N4. The zero-order valence-corrected chi connectivity index (χ0v) is 10.1. The minimum atomic E-state index is 0.254. The lowest BCUT2D eigenvalue weighted by Crippen LogP contribution is -2.03. The molecule has 1 aromatic rings. The van der Waals surface area contributed by atoms with Crippen LogP contribution in [-0.4, -0.2) is 9.97 Å². The van der Waals surface area contributed by atoms with Gasteiger partial charge in [0.1, 0.15) is 5.82 Å². The van der Waals surface area contributed by atoms with E-state index in [1.54, 1.807) is 6.20 Å². The summed E-state index contributed by atoms with van der Waals surface area (Å²) in [5.74, 6) is 0.783. The molecule has 0 aliphatic rings. The fourth-order valence-electron chi connectivity index (χ4n) is 1.72. The second-order valence-corrected chi connectivity index (χ2v) is 4.16. The van der Waals surface area contributed by atoms with Gasteiger partial charge in [-0.15, -0.1) is 0 Å². The highest BCUT2D eigenvalue weighted by Crippen LogP contribution is 2.13. The Kier molecular flexibility index (Phi) is 5.61. The van der Waals surface area contributed by atoms with Crippen LogP contribution in [0.2, 0.25) is 0 Å². The van der Waals surface area contributed by atoms with E-state index in [1.807, 2.05) is 0 Å². The molecule has 1 aromatic heterocycles. The summed E-state index contributed by atoms with van der Waals surface area (Å²) in [6, 6.07) is 0. The van der Waals surface area contributed by atoms with E-state index in [0.29, 0.717) is 5.82 Å². The first-order chi connectivity index (χ1) is 7.74. The second kappa shape index (κ2) is 7.04. The normalized spacial score (nSPS) is 10.6. The summed E-state index contributed by atoms with van der Waals surface area (Å²) in [5, 5.41) is 0. The molecule has 0 aliphatic heterocycles. The molecule has 0 atom stereocenters. The molecule has 0 bridgehead atoms.